The predicted octanol–water partition coefficient (Wildman–Crippen LogP) is 4.54. The minimum Gasteiger partial charge on any atom is -0.356 e. The summed E-state index contributed by atoms with van der Waals surface area (Å²) < 4.78 is 0. The number of aromatic amines is 1. The van der Waals surface area contributed by atoms with Crippen LogP contribution in [0.5, 0.6) is 0 Å². The minimum absolute atomic E-state index is 0.398. The predicted molar refractivity (Wildman–Crippen MR) is 89.8 cm³/mol. The molecule has 0 aliphatic carbocycles. The fourth-order valence-electron chi connectivity index (χ4n) is 2.60. The normalized spacial score (nSPS) is 12.7. The Morgan fingerprint density at radius 1 is 1.05 bits per heavy atom. The molecule has 0 spiro atoms. The number of hydrogen-bond donors (Lipinski definition) is 2. The summed E-state index contributed by atoms with van der Waals surface area (Å²) in [4.78, 5) is 3.39. The quantitative estimate of drug-likeness (QED) is 0.711. The Hall–Kier alpha value is -1.77. The molecule has 1 unspecified atom stereocenters. The van der Waals surface area contributed by atoms with Crippen molar-refractivity contribution in [2.45, 2.75) is 25.9 Å². The Morgan fingerprint density at radius 2 is 1.76 bits per heavy atom. The first-order valence-corrected chi connectivity index (χ1v) is 7.64. The van der Waals surface area contributed by atoms with Gasteiger partial charge in [-0.15, -0.1) is 0 Å². The molecule has 0 radical (unpaired) electrons. The summed E-state index contributed by atoms with van der Waals surface area (Å²) in [6.45, 7) is 2.95. The Balaban J connectivity index is 1.65. The summed E-state index contributed by atoms with van der Waals surface area (Å²) in [5.41, 5.74) is 3.49. The molecule has 3 heteroatoms. The van der Waals surface area contributed by atoms with Crippen LogP contribution in [-0.4, -0.2) is 11.0 Å². The van der Waals surface area contributed by atoms with Gasteiger partial charge in [0.1, 0.15) is 0 Å². The fraction of sp³-hybridized carbons (Fsp3) is 0.222. The van der Waals surface area contributed by atoms with Gasteiger partial charge in [-0.25, -0.2) is 0 Å². The zero-order valence-corrected chi connectivity index (χ0v) is 12.8. The largest absolute Gasteiger partial charge is 0.356 e. The average Bonchev–Trinajstić information content (AvgIpc) is 2.83. The number of nitrogens with one attached hydrogen (secondary N) is 2. The van der Waals surface area contributed by atoms with E-state index < -0.39 is 0 Å². The zero-order valence-electron chi connectivity index (χ0n) is 12.1. The Morgan fingerprint density at radius 3 is 2.52 bits per heavy atom. The fourth-order valence-corrected chi connectivity index (χ4v) is 2.88. The van der Waals surface area contributed by atoms with E-state index in [9.17, 15) is 0 Å². The van der Waals surface area contributed by atoms with Gasteiger partial charge in [-0.3, -0.25) is 0 Å². The number of halogens is 1. The van der Waals surface area contributed by atoms with Gasteiger partial charge < -0.3 is 10.3 Å². The molecule has 0 aliphatic heterocycles. The molecule has 1 aromatic heterocycles. The molecule has 2 aromatic carbocycles. The van der Waals surface area contributed by atoms with Gasteiger partial charge >= 0.3 is 0 Å². The van der Waals surface area contributed by atoms with Crippen LogP contribution in [0.2, 0.25) is 5.02 Å². The molecule has 0 saturated heterocycles. The highest BCUT2D eigenvalue weighted by Crippen LogP contribution is 2.27. The maximum absolute atomic E-state index is 6.43. The van der Waals surface area contributed by atoms with Crippen molar-refractivity contribution in [2.24, 2.45) is 0 Å². The van der Waals surface area contributed by atoms with Crippen molar-refractivity contribution in [3.05, 3.63) is 70.9 Å². The molecule has 2 N–H and O–H groups in total. The number of hydrogen-bond acceptors (Lipinski definition) is 1. The summed E-state index contributed by atoms with van der Waals surface area (Å²) >= 11 is 6.43. The summed E-state index contributed by atoms with van der Waals surface area (Å²) in [6, 6.07) is 19.1. The van der Waals surface area contributed by atoms with Crippen LogP contribution in [0.25, 0.3) is 10.9 Å². The van der Waals surface area contributed by atoms with Gasteiger partial charge in [0, 0.05) is 29.2 Å². The molecule has 3 aromatic rings. The van der Waals surface area contributed by atoms with E-state index in [1.165, 1.54) is 5.56 Å². The van der Waals surface area contributed by atoms with E-state index in [0.717, 1.165) is 34.6 Å². The second kappa shape index (κ2) is 6.33. The van der Waals surface area contributed by atoms with E-state index in [2.05, 4.69) is 47.6 Å². The number of fused-ring (bicyclic) bond motifs is 1. The van der Waals surface area contributed by atoms with E-state index >= 15 is 0 Å². The lowest BCUT2D eigenvalue weighted by molar-refractivity contribution is 0.541. The van der Waals surface area contributed by atoms with Crippen LogP contribution in [0.15, 0.2) is 54.6 Å². The van der Waals surface area contributed by atoms with Gasteiger partial charge in [0.15, 0.2) is 0 Å². The molecule has 0 aliphatic rings. The standard InChI is InChI=1S/C18H19ClN2/c1-13(11-14-7-3-2-4-8-14)20-12-17-18(19)15-9-5-6-10-16(15)21-17/h2-10,13,20-21H,11-12H2,1H3. The van der Waals surface area contributed by atoms with Crippen molar-refractivity contribution < 1.29 is 0 Å². The highest BCUT2D eigenvalue weighted by molar-refractivity contribution is 6.36. The van der Waals surface area contributed by atoms with Crippen LogP contribution in [0.4, 0.5) is 0 Å². The van der Waals surface area contributed by atoms with E-state index in [1.807, 2.05) is 24.3 Å². The second-order valence-corrected chi connectivity index (χ2v) is 5.81. The molecule has 1 heterocycles. The summed E-state index contributed by atoms with van der Waals surface area (Å²) in [5.74, 6) is 0. The van der Waals surface area contributed by atoms with E-state index in [0.29, 0.717) is 6.04 Å². The highest BCUT2D eigenvalue weighted by atomic mass is 35.5. The van der Waals surface area contributed by atoms with Crippen LogP contribution in [0.1, 0.15) is 18.2 Å². The number of para-hydroxylation sites is 1. The van der Waals surface area contributed by atoms with E-state index in [4.69, 9.17) is 11.6 Å². The number of benzene rings is 2. The molecule has 1 atom stereocenters. The maximum atomic E-state index is 6.43. The van der Waals surface area contributed by atoms with Crippen LogP contribution < -0.4 is 5.32 Å². The van der Waals surface area contributed by atoms with Gasteiger partial charge in [-0.1, -0.05) is 60.1 Å². The van der Waals surface area contributed by atoms with Gasteiger partial charge in [0.2, 0.25) is 0 Å². The molecule has 108 valence electrons. The second-order valence-electron chi connectivity index (χ2n) is 5.43. The van der Waals surface area contributed by atoms with Crippen molar-refractivity contribution in [3.63, 3.8) is 0 Å². The first kappa shape index (κ1) is 14.2. The molecule has 21 heavy (non-hydrogen) atoms. The zero-order chi connectivity index (χ0) is 14.7. The Kier molecular flexibility index (Phi) is 4.28. The van der Waals surface area contributed by atoms with E-state index in [1.54, 1.807) is 0 Å². The lowest BCUT2D eigenvalue weighted by Gasteiger charge is -2.13. The summed E-state index contributed by atoms with van der Waals surface area (Å²) in [6.07, 6.45) is 1.01. The maximum Gasteiger partial charge on any atom is 0.0705 e. The smallest absolute Gasteiger partial charge is 0.0705 e. The Labute approximate surface area is 130 Å². The third-order valence-corrected chi connectivity index (χ3v) is 4.16. The summed E-state index contributed by atoms with van der Waals surface area (Å²) in [5, 5.41) is 5.45. The lowest BCUT2D eigenvalue weighted by Crippen LogP contribution is -2.27. The van der Waals surface area contributed by atoms with Crippen molar-refractivity contribution in [1.29, 1.82) is 0 Å². The van der Waals surface area contributed by atoms with E-state index in [-0.39, 0.29) is 0 Å². The Bertz CT molecular complexity index is 718. The first-order valence-electron chi connectivity index (χ1n) is 7.26. The van der Waals surface area contributed by atoms with Gasteiger partial charge in [-0.05, 0) is 25.0 Å². The topological polar surface area (TPSA) is 27.8 Å². The van der Waals surface area contributed by atoms with Crippen molar-refractivity contribution in [2.75, 3.05) is 0 Å². The molecule has 0 saturated carbocycles. The molecule has 3 rings (SSSR count). The number of rotatable bonds is 5. The molecule has 2 nitrogen and oxygen atoms in total. The summed E-state index contributed by atoms with van der Waals surface area (Å²) in [7, 11) is 0. The van der Waals surface area contributed by atoms with Crippen LogP contribution in [-0.2, 0) is 13.0 Å². The molecule has 0 bridgehead atoms. The monoisotopic (exact) mass is 298 g/mol. The minimum atomic E-state index is 0.398. The van der Waals surface area contributed by atoms with Crippen LogP contribution >= 0.6 is 11.6 Å². The first-order chi connectivity index (χ1) is 10.2. The SMILES string of the molecule is CC(Cc1ccccc1)NCc1[nH]c2ccccc2c1Cl. The van der Waals surface area contributed by atoms with Crippen LogP contribution in [0, 0.1) is 0 Å². The average molecular weight is 299 g/mol. The third kappa shape index (κ3) is 3.29. The lowest BCUT2D eigenvalue weighted by atomic mass is 10.1. The number of aromatic nitrogens is 1. The molecular weight excluding hydrogens is 280 g/mol. The van der Waals surface area contributed by atoms with Gasteiger partial charge in [0.05, 0.1) is 5.02 Å². The third-order valence-electron chi connectivity index (χ3n) is 3.73. The van der Waals surface area contributed by atoms with Crippen molar-refractivity contribution in [3.8, 4) is 0 Å². The highest BCUT2D eigenvalue weighted by Gasteiger charge is 2.10. The number of H-pyrrole nitrogens is 1. The van der Waals surface area contributed by atoms with Gasteiger partial charge in [0.25, 0.3) is 0 Å². The van der Waals surface area contributed by atoms with Crippen molar-refractivity contribution in [1.82, 2.24) is 10.3 Å². The van der Waals surface area contributed by atoms with Gasteiger partial charge in [-0.2, -0.15) is 0 Å². The molecular formula is C18H19ClN2. The molecule has 0 amide bonds. The molecule has 0 fully saturated rings. The van der Waals surface area contributed by atoms with Crippen molar-refractivity contribution >= 4 is 22.5 Å². The van der Waals surface area contributed by atoms with Crippen LogP contribution in [0.3, 0.4) is 0 Å².